The van der Waals surface area contributed by atoms with Gasteiger partial charge in [0.15, 0.2) is 0 Å². The molecule has 0 aromatic heterocycles. The van der Waals surface area contributed by atoms with Crippen molar-refractivity contribution >= 4 is 69.0 Å². The zero-order valence-corrected chi connectivity index (χ0v) is 16.9. The largest absolute Gasteiger partial charge is 0.495 e. The van der Waals surface area contributed by atoms with Crippen LogP contribution in [-0.4, -0.2) is 23.0 Å². The van der Waals surface area contributed by atoms with Gasteiger partial charge in [-0.1, -0.05) is 53.0 Å². The van der Waals surface area contributed by atoms with Gasteiger partial charge in [0.1, 0.15) is 11.9 Å². The molecule has 0 aliphatic heterocycles. The number of hydrogen-bond donors (Lipinski definition) is 2. The maximum absolute atomic E-state index is 12.4. The van der Waals surface area contributed by atoms with Crippen LogP contribution in [0.5, 0.6) is 5.75 Å². The number of halogens is 4. The van der Waals surface area contributed by atoms with Crippen molar-refractivity contribution in [2.75, 3.05) is 12.4 Å². The minimum atomic E-state index is -1.77. The summed E-state index contributed by atoms with van der Waals surface area (Å²) in [7, 11) is 1.54. The van der Waals surface area contributed by atoms with Crippen LogP contribution in [0, 0.1) is 3.57 Å². The molecule has 1 atom stereocenters. The van der Waals surface area contributed by atoms with E-state index < -0.39 is 9.96 Å². The summed E-state index contributed by atoms with van der Waals surface area (Å²) in [5.74, 6) is 0.215. The topological polar surface area (TPSA) is 50.4 Å². The molecule has 0 saturated carbocycles. The molecule has 1 amide bonds. The zero-order valence-electron chi connectivity index (χ0n) is 12.5. The van der Waals surface area contributed by atoms with Crippen molar-refractivity contribution in [1.29, 1.82) is 0 Å². The maximum Gasteiger partial charge on any atom is 0.253 e. The fraction of sp³-hybridized carbons (Fsp3) is 0.188. The Labute approximate surface area is 168 Å². The van der Waals surface area contributed by atoms with Crippen LogP contribution in [-0.2, 0) is 0 Å². The first-order chi connectivity index (χ1) is 11.3. The van der Waals surface area contributed by atoms with E-state index in [4.69, 9.17) is 39.5 Å². The van der Waals surface area contributed by atoms with E-state index in [1.165, 1.54) is 7.11 Å². The maximum atomic E-state index is 12.4. The minimum Gasteiger partial charge on any atom is -0.495 e. The number of anilines is 1. The molecule has 0 aliphatic rings. The number of benzene rings is 2. The molecule has 2 N–H and O–H groups in total. The van der Waals surface area contributed by atoms with Crippen LogP contribution in [0.1, 0.15) is 10.4 Å². The Morgan fingerprint density at radius 3 is 2.50 bits per heavy atom. The van der Waals surface area contributed by atoms with E-state index in [2.05, 4.69) is 33.2 Å². The molecule has 0 radical (unpaired) electrons. The van der Waals surface area contributed by atoms with Gasteiger partial charge in [-0.05, 0) is 52.9 Å². The molecular weight excluding hydrogens is 485 g/mol. The van der Waals surface area contributed by atoms with Gasteiger partial charge >= 0.3 is 0 Å². The van der Waals surface area contributed by atoms with Crippen LogP contribution in [0.3, 0.4) is 0 Å². The Bertz CT molecular complexity index is 722. The average Bonchev–Trinajstić information content (AvgIpc) is 2.53. The third-order valence-electron chi connectivity index (χ3n) is 3.10. The molecule has 8 heteroatoms. The number of amides is 1. The van der Waals surface area contributed by atoms with Crippen LogP contribution in [0.2, 0.25) is 0 Å². The highest BCUT2D eigenvalue weighted by Gasteiger charge is 2.34. The van der Waals surface area contributed by atoms with Crippen molar-refractivity contribution in [1.82, 2.24) is 5.32 Å². The molecule has 24 heavy (non-hydrogen) atoms. The van der Waals surface area contributed by atoms with Gasteiger partial charge in [-0.25, -0.2) is 0 Å². The fourth-order valence-corrected chi connectivity index (χ4v) is 2.83. The van der Waals surface area contributed by atoms with Crippen LogP contribution in [0.25, 0.3) is 0 Å². The number of alkyl halides is 3. The van der Waals surface area contributed by atoms with E-state index >= 15 is 0 Å². The summed E-state index contributed by atoms with van der Waals surface area (Å²) in [5.41, 5.74) is 1.07. The molecule has 0 unspecified atom stereocenters. The molecule has 4 nitrogen and oxygen atoms in total. The predicted molar refractivity (Wildman–Crippen MR) is 107 cm³/mol. The Morgan fingerprint density at radius 2 is 1.88 bits per heavy atom. The van der Waals surface area contributed by atoms with Gasteiger partial charge in [-0.3, -0.25) is 4.79 Å². The van der Waals surface area contributed by atoms with Gasteiger partial charge in [0.2, 0.25) is 3.79 Å². The van der Waals surface area contributed by atoms with Crippen molar-refractivity contribution in [3.8, 4) is 5.75 Å². The zero-order chi connectivity index (χ0) is 17.7. The SMILES string of the molecule is COc1ccccc1N[C@@H](NC(=O)c1cccc(I)c1)C(Cl)(Cl)Cl. The lowest BCUT2D eigenvalue weighted by Gasteiger charge is -2.28. The normalized spacial score (nSPS) is 12.4. The summed E-state index contributed by atoms with van der Waals surface area (Å²) in [6.45, 7) is 0. The van der Waals surface area contributed by atoms with Crippen LogP contribution in [0.4, 0.5) is 5.69 Å². The van der Waals surface area contributed by atoms with E-state index in [-0.39, 0.29) is 5.91 Å². The Kier molecular flexibility index (Phi) is 6.86. The monoisotopic (exact) mass is 498 g/mol. The van der Waals surface area contributed by atoms with E-state index in [1.807, 2.05) is 18.2 Å². The number of hydrogen-bond acceptors (Lipinski definition) is 3. The van der Waals surface area contributed by atoms with Crippen LogP contribution < -0.4 is 15.4 Å². The molecule has 0 heterocycles. The molecule has 2 aromatic rings. The Morgan fingerprint density at radius 1 is 1.17 bits per heavy atom. The number of rotatable bonds is 5. The first kappa shape index (κ1) is 19.4. The lowest BCUT2D eigenvalue weighted by atomic mass is 10.2. The van der Waals surface area contributed by atoms with Crippen LogP contribution in [0.15, 0.2) is 48.5 Å². The molecule has 128 valence electrons. The van der Waals surface area contributed by atoms with Crippen molar-refractivity contribution in [2.24, 2.45) is 0 Å². The fourth-order valence-electron chi connectivity index (χ4n) is 1.96. The average molecular weight is 500 g/mol. The van der Waals surface area contributed by atoms with E-state index in [0.717, 1.165) is 3.57 Å². The summed E-state index contributed by atoms with van der Waals surface area (Å²) in [5, 5.41) is 5.69. The lowest BCUT2D eigenvalue weighted by molar-refractivity contribution is 0.0941. The standard InChI is InChI=1S/C16H14Cl3IN2O2/c1-24-13-8-3-2-7-12(13)21-15(16(17,18)19)22-14(23)10-5-4-6-11(20)9-10/h2-9,15,21H,1H3,(H,22,23)/t15-/m0/s1. The van der Waals surface area contributed by atoms with Gasteiger partial charge in [-0.15, -0.1) is 0 Å². The summed E-state index contributed by atoms with van der Waals surface area (Å²) < 4.78 is 4.43. The molecule has 0 bridgehead atoms. The second kappa shape index (κ2) is 8.47. The molecule has 2 aromatic carbocycles. The number of nitrogens with one attached hydrogen (secondary N) is 2. The van der Waals surface area contributed by atoms with Crippen LogP contribution >= 0.6 is 57.4 Å². The number of ether oxygens (including phenoxy) is 1. The molecule has 0 saturated heterocycles. The number of carbonyl (C=O) groups is 1. The van der Waals surface area contributed by atoms with Gasteiger partial charge in [0.25, 0.3) is 5.91 Å². The molecule has 0 aliphatic carbocycles. The predicted octanol–water partition coefficient (Wildman–Crippen LogP) is 4.84. The van der Waals surface area contributed by atoms with E-state index in [9.17, 15) is 4.79 Å². The number of methoxy groups -OCH3 is 1. The van der Waals surface area contributed by atoms with Crippen molar-refractivity contribution < 1.29 is 9.53 Å². The quantitative estimate of drug-likeness (QED) is 0.352. The highest BCUT2D eigenvalue weighted by Crippen LogP contribution is 2.33. The molecule has 0 spiro atoms. The lowest BCUT2D eigenvalue weighted by Crippen LogP contribution is -2.49. The number of para-hydroxylation sites is 2. The summed E-state index contributed by atoms with van der Waals surface area (Å²) >= 11 is 20.2. The first-order valence-corrected chi connectivity index (χ1v) is 9.05. The van der Waals surface area contributed by atoms with Crippen molar-refractivity contribution in [2.45, 2.75) is 9.96 Å². The second-order valence-electron chi connectivity index (χ2n) is 4.80. The minimum absolute atomic E-state index is 0.354. The van der Waals surface area contributed by atoms with Gasteiger partial charge in [0.05, 0.1) is 12.8 Å². The van der Waals surface area contributed by atoms with Gasteiger partial charge < -0.3 is 15.4 Å². The van der Waals surface area contributed by atoms with Gasteiger partial charge in [-0.2, -0.15) is 0 Å². The Hall–Kier alpha value is -0.890. The molecular formula is C16H14Cl3IN2O2. The smallest absolute Gasteiger partial charge is 0.253 e. The third-order valence-corrected chi connectivity index (χ3v) is 4.42. The highest BCUT2D eigenvalue weighted by molar-refractivity contribution is 14.1. The van der Waals surface area contributed by atoms with E-state index in [0.29, 0.717) is 17.0 Å². The summed E-state index contributed by atoms with van der Waals surface area (Å²) in [6, 6.07) is 14.3. The molecule has 0 fully saturated rings. The highest BCUT2D eigenvalue weighted by atomic mass is 127. The summed E-state index contributed by atoms with van der Waals surface area (Å²) in [6.07, 6.45) is -0.954. The molecule has 2 rings (SSSR count). The Balaban J connectivity index is 2.22. The first-order valence-electron chi connectivity index (χ1n) is 6.84. The van der Waals surface area contributed by atoms with E-state index in [1.54, 1.807) is 30.3 Å². The van der Waals surface area contributed by atoms with Crippen molar-refractivity contribution in [3.63, 3.8) is 0 Å². The van der Waals surface area contributed by atoms with Crippen molar-refractivity contribution in [3.05, 3.63) is 57.7 Å². The van der Waals surface area contributed by atoms with Gasteiger partial charge in [0, 0.05) is 9.13 Å². The third kappa shape index (κ3) is 5.31. The number of carbonyl (C=O) groups excluding carboxylic acids is 1. The summed E-state index contributed by atoms with van der Waals surface area (Å²) in [4.78, 5) is 12.4. The second-order valence-corrected chi connectivity index (χ2v) is 8.42.